The quantitative estimate of drug-likeness (QED) is 0.143. The van der Waals surface area contributed by atoms with Crippen LogP contribution in [0.3, 0.4) is 0 Å². The Bertz CT molecular complexity index is 401. The van der Waals surface area contributed by atoms with Crippen molar-refractivity contribution < 1.29 is 0 Å². The van der Waals surface area contributed by atoms with Gasteiger partial charge in [0.15, 0.2) is 0 Å². The van der Waals surface area contributed by atoms with Crippen molar-refractivity contribution in [2.45, 2.75) is 168 Å². The largest absolute Gasteiger partial charge is 0.197 e. The van der Waals surface area contributed by atoms with E-state index in [2.05, 4.69) is 26.0 Å². The summed E-state index contributed by atoms with van der Waals surface area (Å²) in [7, 11) is 0. The maximum Gasteiger partial charge on any atom is 0.143 e. The number of hydrogen-bond acceptors (Lipinski definition) is 2. The lowest BCUT2D eigenvalue weighted by Crippen LogP contribution is -2.16. The molecule has 2 heteroatoms. The summed E-state index contributed by atoms with van der Waals surface area (Å²) in [5, 5.41) is 19.3. The Kier molecular flexibility index (Phi) is 22.9. The SMILES string of the molecule is CCCCCCCCCCCCCC(C#N)(C#N)CCCCCCCCCCCCC. The fourth-order valence-electron chi connectivity index (χ4n) is 4.56. The first-order valence-corrected chi connectivity index (χ1v) is 14.1. The maximum atomic E-state index is 9.63. The van der Waals surface area contributed by atoms with Gasteiger partial charge in [-0.25, -0.2) is 0 Å². The number of rotatable bonds is 24. The van der Waals surface area contributed by atoms with E-state index in [9.17, 15) is 10.5 Å². The van der Waals surface area contributed by atoms with E-state index < -0.39 is 5.41 Å². The molecule has 0 rings (SSSR count). The van der Waals surface area contributed by atoms with Gasteiger partial charge in [0.25, 0.3) is 0 Å². The average Bonchev–Trinajstić information content (AvgIpc) is 2.79. The van der Waals surface area contributed by atoms with Gasteiger partial charge in [0.2, 0.25) is 0 Å². The molecule has 31 heavy (non-hydrogen) atoms. The summed E-state index contributed by atoms with van der Waals surface area (Å²) in [5.74, 6) is 0. The Morgan fingerprint density at radius 1 is 0.387 bits per heavy atom. The number of nitriles is 2. The van der Waals surface area contributed by atoms with Gasteiger partial charge in [0.05, 0.1) is 12.1 Å². The first kappa shape index (κ1) is 30.0. The molecule has 0 bridgehead atoms. The molecule has 0 saturated heterocycles. The molecule has 180 valence electrons. The van der Waals surface area contributed by atoms with E-state index in [1.54, 1.807) is 0 Å². The van der Waals surface area contributed by atoms with Gasteiger partial charge in [-0.1, -0.05) is 155 Å². The van der Waals surface area contributed by atoms with Crippen LogP contribution in [0, 0.1) is 28.1 Å². The molecule has 0 N–H and O–H groups in total. The van der Waals surface area contributed by atoms with E-state index in [0.29, 0.717) is 0 Å². The van der Waals surface area contributed by atoms with E-state index in [1.807, 2.05) is 0 Å². The van der Waals surface area contributed by atoms with Crippen molar-refractivity contribution in [3.05, 3.63) is 0 Å². The molecule has 0 saturated carbocycles. The summed E-state index contributed by atoms with van der Waals surface area (Å²) in [5.41, 5.74) is -0.724. The van der Waals surface area contributed by atoms with E-state index >= 15 is 0 Å². The van der Waals surface area contributed by atoms with Crippen molar-refractivity contribution in [2.75, 3.05) is 0 Å². The molecule has 0 radical (unpaired) electrons. The lowest BCUT2D eigenvalue weighted by Gasteiger charge is -2.18. The van der Waals surface area contributed by atoms with Gasteiger partial charge in [0, 0.05) is 0 Å². The van der Waals surface area contributed by atoms with Gasteiger partial charge >= 0.3 is 0 Å². The first-order chi connectivity index (χ1) is 15.2. The third kappa shape index (κ3) is 19.4. The topological polar surface area (TPSA) is 47.6 Å². The molecule has 0 unspecified atom stereocenters. The molecule has 0 aromatic carbocycles. The molecule has 0 heterocycles. The highest BCUT2D eigenvalue weighted by Crippen LogP contribution is 2.30. The molecular weight excluding hydrogens is 376 g/mol. The summed E-state index contributed by atoms with van der Waals surface area (Å²) in [4.78, 5) is 0. The molecule has 0 aliphatic heterocycles. The molecule has 0 aliphatic rings. The van der Waals surface area contributed by atoms with Crippen LogP contribution in [0.25, 0.3) is 0 Å². The minimum Gasteiger partial charge on any atom is -0.197 e. The van der Waals surface area contributed by atoms with Gasteiger partial charge in [-0.3, -0.25) is 0 Å². The molecule has 0 aliphatic carbocycles. The van der Waals surface area contributed by atoms with Gasteiger partial charge in [-0.2, -0.15) is 10.5 Å². The molecule has 0 aromatic heterocycles. The highest BCUT2D eigenvalue weighted by Gasteiger charge is 2.28. The molecule has 0 fully saturated rings. The second-order valence-electron chi connectivity index (χ2n) is 9.88. The normalized spacial score (nSPS) is 11.4. The first-order valence-electron chi connectivity index (χ1n) is 14.1. The van der Waals surface area contributed by atoms with E-state index in [4.69, 9.17) is 0 Å². The zero-order valence-electron chi connectivity index (χ0n) is 21.4. The average molecular weight is 431 g/mol. The fraction of sp³-hybridized carbons (Fsp3) is 0.931. The maximum absolute atomic E-state index is 9.63. The van der Waals surface area contributed by atoms with Gasteiger partial charge < -0.3 is 0 Å². The lowest BCUT2D eigenvalue weighted by molar-refractivity contribution is 0.390. The van der Waals surface area contributed by atoms with Gasteiger partial charge in [-0.05, 0) is 12.8 Å². The molecule has 0 atom stereocenters. The molecule has 0 spiro atoms. The zero-order valence-corrected chi connectivity index (χ0v) is 21.4. The van der Waals surface area contributed by atoms with Crippen LogP contribution in [0.2, 0.25) is 0 Å². The summed E-state index contributed by atoms with van der Waals surface area (Å²) in [6.07, 6.45) is 30.4. The Labute approximate surface area is 196 Å². The second kappa shape index (κ2) is 23.6. The summed E-state index contributed by atoms with van der Waals surface area (Å²) in [6, 6.07) is 4.75. The van der Waals surface area contributed by atoms with Crippen molar-refractivity contribution in [3.8, 4) is 12.1 Å². The third-order valence-electron chi connectivity index (χ3n) is 6.84. The minimum atomic E-state index is -0.724. The van der Waals surface area contributed by atoms with E-state index in [0.717, 1.165) is 25.7 Å². The highest BCUT2D eigenvalue weighted by atomic mass is 14.4. The number of nitrogens with zero attached hydrogens (tertiary/aromatic N) is 2. The molecule has 0 amide bonds. The van der Waals surface area contributed by atoms with Gasteiger partial charge in [-0.15, -0.1) is 0 Å². The Morgan fingerprint density at radius 3 is 0.839 bits per heavy atom. The predicted molar refractivity (Wildman–Crippen MR) is 136 cm³/mol. The van der Waals surface area contributed by atoms with Gasteiger partial charge in [0.1, 0.15) is 5.41 Å². The van der Waals surface area contributed by atoms with Crippen LogP contribution in [0.15, 0.2) is 0 Å². The number of unbranched alkanes of at least 4 members (excludes halogenated alkanes) is 20. The number of hydrogen-bond donors (Lipinski definition) is 0. The highest BCUT2D eigenvalue weighted by molar-refractivity contribution is 5.13. The summed E-state index contributed by atoms with van der Waals surface area (Å²) < 4.78 is 0. The standard InChI is InChI=1S/C29H54N2/c1-3-5-7-9-11-13-15-17-19-21-23-25-29(27-30,28-31)26-24-22-20-18-16-14-12-10-8-6-4-2/h3-26H2,1-2H3. The van der Waals surface area contributed by atoms with Crippen LogP contribution in [-0.2, 0) is 0 Å². The third-order valence-corrected chi connectivity index (χ3v) is 6.84. The zero-order chi connectivity index (χ0) is 22.9. The van der Waals surface area contributed by atoms with E-state index in [-0.39, 0.29) is 0 Å². The van der Waals surface area contributed by atoms with Crippen molar-refractivity contribution in [2.24, 2.45) is 5.41 Å². The van der Waals surface area contributed by atoms with Crippen LogP contribution in [0.5, 0.6) is 0 Å². The smallest absolute Gasteiger partial charge is 0.143 e. The minimum absolute atomic E-state index is 0.724. The predicted octanol–water partition coefficient (Wildman–Crippen LogP) is 10.4. The Morgan fingerprint density at radius 2 is 0.613 bits per heavy atom. The Balaban J connectivity index is 3.64. The molecule has 2 nitrogen and oxygen atoms in total. The van der Waals surface area contributed by atoms with Crippen molar-refractivity contribution >= 4 is 0 Å². The second-order valence-corrected chi connectivity index (χ2v) is 9.88. The van der Waals surface area contributed by atoms with Crippen LogP contribution in [-0.4, -0.2) is 0 Å². The van der Waals surface area contributed by atoms with Crippen molar-refractivity contribution in [1.82, 2.24) is 0 Å². The summed E-state index contributed by atoms with van der Waals surface area (Å²) in [6.45, 7) is 4.54. The van der Waals surface area contributed by atoms with Crippen LogP contribution < -0.4 is 0 Å². The van der Waals surface area contributed by atoms with Crippen LogP contribution in [0.1, 0.15) is 168 Å². The summed E-state index contributed by atoms with van der Waals surface area (Å²) >= 11 is 0. The van der Waals surface area contributed by atoms with Crippen molar-refractivity contribution in [3.63, 3.8) is 0 Å². The fourth-order valence-corrected chi connectivity index (χ4v) is 4.56. The molecular formula is C29H54N2. The lowest BCUT2D eigenvalue weighted by atomic mass is 9.80. The van der Waals surface area contributed by atoms with Crippen LogP contribution in [0.4, 0.5) is 0 Å². The molecule has 0 aromatic rings. The van der Waals surface area contributed by atoms with Crippen LogP contribution >= 0.6 is 0 Å². The Hall–Kier alpha value is -1.02. The van der Waals surface area contributed by atoms with Crippen molar-refractivity contribution in [1.29, 1.82) is 10.5 Å². The monoisotopic (exact) mass is 430 g/mol. The van der Waals surface area contributed by atoms with E-state index in [1.165, 1.54) is 128 Å².